The normalized spacial score (nSPS) is 20.5. The minimum Gasteiger partial charge on any atom is -0.379 e. The Labute approximate surface area is 170 Å². The third kappa shape index (κ3) is 3.91. The minimum atomic E-state index is -0.303. The smallest absolute Gasteiger partial charge is 0.273 e. The van der Waals surface area contributed by atoms with Gasteiger partial charge in [-0.05, 0) is 50.5 Å². The molecule has 1 aromatic heterocycles. The Morgan fingerprint density at radius 1 is 1.28 bits per heavy atom. The highest BCUT2D eigenvalue weighted by Crippen LogP contribution is 2.38. The zero-order valence-electron chi connectivity index (χ0n) is 17.0. The molecule has 1 amide bonds. The van der Waals surface area contributed by atoms with Crippen LogP contribution in [0, 0.1) is 12.7 Å². The van der Waals surface area contributed by atoms with Crippen LogP contribution in [0.2, 0.25) is 0 Å². The first-order chi connectivity index (χ1) is 14.0. The predicted molar refractivity (Wildman–Crippen MR) is 107 cm³/mol. The van der Waals surface area contributed by atoms with Crippen molar-refractivity contribution in [2.75, 3.05) is 26.3 Å². The Morgan fingerprint density at radius 3 is 2.69 bits per heavy atom. The summed E-state index contributed by atoms with van der Waals surface area (Å²) in [5.74, 6) is -0.536. The summed E-state index contributed by atoms with van der Waals surface area (Å²) < 4.78 is 20.4. The van der Waals surface area contributed by atoms with E-state index in [0.29, 0.717) is 5.69 Å². The number of hydrogen-bond acceptors (Lipinski definition) is 5. The molecule has 1 saturated heterocycles. The number of hydrogen-bond donors (Lipinski definition) is 1. The van der Waals surface area contributed by atoms with Crippen LogP contribution in [0.1, 0.15) is 48.7 Å². The fourth-order valence-electron chi connectivity index (χ4n) is 4.79. The maximum atomic E-state index is 13.4. The van der Waals surface area contributed by atoms with Gasteiger partial charge < -0.3 is 10.1 Å². The van der Waals surface area contributed by atoms with Gasteiger partial charge in [-0.15, -0.1) is 5.10 Å². The Kier molecular flexibility index (Phi) is 5.65. The number of carbonyl (C=O) groups excluding carboxylic acids is 1. The first-order valence-corrected chi connectivity index (χ1v) is 10.3. The molecule has 1 aromatic carbocycles. The molecule has 1 N–H and O–H groups in total. The van der Waals surface area contributed by atoms with Gasteiger partial charge in [-0.3, -0.25) is 9.69 Å². The van der Waals surface area contributed by atoms with Gasteiger partial charge >= 0.3 is 0 Å². The molecule has 2 heterocycles. The quantitative estimate of drug-likeness (QED) is 0.833. The third-order valence-corrected chi connectivity index (χ3v) is 6.40. The zero-order valence-corrected chi connectivity index (χ0v) is 17.0. The van der Waals surface area contributed by atoms with Crippen LogP contribution in [0.25, 0.3) is 5.69 Å². The molecule has 1 unspecified atom stereocenters. The van der Waals surface area contributed by atoms with Gasteiger partial charge in [-0.1, -0.05) is 18.1 Å². The van der Waals surface area contributed by atoms with Crippen molar-refractivity contribution in [2.24, 2.45) is 0 Å². The van der Waals surface area contributed by atoms with E-state index in [1.165, 1.54) is 29.7 Å². The van der Waals surface area contributed by atoms with Crippen LogP contribution in [-0.4, -0.2) is 63.7 Å². The maximum Gasteiger partial charge on any atom is 0.273 e. The van der Waals surface area contributed by atoms with Crippen molar-refractivity contribution in [1.29, 1.82) is 0 Å². The maximum absolute atomic E-state index is 13.4. The minimum absolute atomic E-state index is 0.00620. The number of carbonyl (C=O) groups is 1. The third-order valence-electron chi connectivity index (χ3n) is 6.40. The van der Waals surface area contributed by atoms with Gasteiger partial charge in [0.2, 0.25) is 0 Å². The highest BCUT2D eigenvalue weighted by atomic mass is 19.1. The van der Waals surface area contributed by atoms with Crippen molar-refractivity contribution in [3.05, 3.63) is 41.5 Å². The molecule has 1 saturated carbocycles. The molecule has 8 heteroatoms. The van der Waals surface area contributed by atoms with E-state index in [2.05, 4.69) is 27.5 Å². The average molecular weight is 401 g/mol. The van der Waals surface area contributed by atoms with E-state index in [9.17, 15) is 9.18 Å². The second-order valence-corrected chi connectivity index (χ2v) is 8.08. The summed E-state index contributed by atoms with van der Waals surface area (Å²) in [7, 11) is 0. The number of morpholine rings is 1. The molecule has 1 aliphatic carbocycles. The number of nitrogens with one attached hydrogen (secondary N) is 1. The lowest BCUT2D eigenvalue weighted by molar-refractivity contribution is -0.0323. The van der Waals surface area contributed by atoms with Crippen molar-refractivity contribution in [2.45, 2.75) is 51.1 Å². The number of ether oxygens (including phenoxy) is 1. The van der Waals surface area contributed by atoms with Crippen LogP contribution in [0.4, 0.5) is 4.39 Å². The van der Waals surface area contributed by atoms with E-state index in [4.69, 9.17) is 4.74 Å². The Hall–Kier alpha value is -2.32. The van der Waals surface area contributed by atoms with Gasteiger partial charge in [0.05, 0.1) is 25.1 Å². The van der Waals surface area contributed by atoms with Crippen LogP contribution in [0.15, 0.2) is 24.4 Å². The summed E-state index contributed by atoms with van der Waals surface area (Å²) in [5.41, 5.74) is 1.66. The van der Waals surface area contributed by atoms with Crippen molar-refractivity contribution in [3.63, 3.8) is 0 Å². The van der Waals surface area contributed by atoms with Gasteiger partial charge in [0.1, 0.15) is 5.82 Å². The number of rotatable bonds is 5. The fourth-order valence-corrected chi connectivity index (χ4v) is 4.79. The number of aryl methyl sites for hydroxylation is 1. The van der Waals surface area contributed by atoms with Crippen molar-refractivity contribution < 1.29 is 13.9 Å². The van der Waals surface area contributed by atoms with Gasteiger partial charge in [-0.2, -0.15) is 0 Å². The van der Waals surface area contributed by atoms with E-state index in [1.54, 1.807) is 19.2 Å². The van der Waals surface area contributed by atoms with Crippen LogP contribution in [0.5, 0.6) is 0 Å². The molecule has 2 aliphatic rings. The predicted octanol–water partition coefficient (Wildman–Crippen LogP) is 2.48. The molecule has 29 heavy (non-hydrogen) atoms. The monoisotopic (exact) mass is 401 g/mol. The number of aromatic nitrogens is 3. The number of halogens is 1. The molecule has 4 rings (SSSR count). The lowest BCUT2D eigenvalue weighted by Crippen LogP contribution is -2.62. The van der Waals surface area contributed by atoms with Crippen molar-refractivity contribution in [3.8, 4) is 5.69 Å². The molecule has 0 spiro atoms. The van der Waals surface area contributed by atoms with Crippen molar-refractivity contribution in [1.82, 2.24) is 25.2 Å². The molecule has 156 valence electrons. The van der Waals surface area contributed by atoms with E-state index in [1.807, 2.05) is 0 Å². The summed E-state index contributed by atoms with van der Waals surface area (Å²) >= 11 is 0. The number of benzene rings is 1. The van der Waals surface area contributed by atoms with Crippen LogP contribution in [-0.2, 0) is 4.74 Å². The van der Waals surface area contributed by atoms with Gasteiger partial charge in [-0.25, -0.2) is 9.07 Å². The zero-order chi connectivity index (χ0) is 20.4. The van der Waals surface area contributed by atoms with Gasteiger partial charge in [0.25, 0.3) is 5.91 Å². The van der Waals surface area contributed by atoms with Crippen LogP contribution < -0.4 is 5.32 Å². The fraction of sp³-hybridized carbons (Fsp3) is 0.571. The standard InChI is InChI=1S/C21H28FN5O2/c1-15-13-17(22)5-6-19(15)27-14-18(24-25-27)20(28)23-16(2)21(7-3-4-8-21)26-9-11-29-12-10-26/h5-6,13-14,16H,3-4,7-12H2,1-2H3,(H,23,28). The molecule has 0 bridgehead atoms. The van der Waals surface area contributed by atoms with Crippen LogP contribution in [0.3, 0.4) is 0 Å². The first-order valence-electron chi connectivity index (χ1n) is 10.3. The lowest BCUT2D eigenvalue weighted by atomic mass is 9.86. The summed E-state index contributed by atoms with van der Waals surface area (Å²) in [6.07, 6.45) is 6.11. The molecule has 1 atom stereocenters. The molecule has 2 aromatic rings. The van der Waals surface area contributed by atoms with E-state index in [0.717, 1.165) is 44.7 Å². The molecular formula is C21H28FN5O2. The average Bonchev–Trinajstić information content (AvgIpc) is 3.39. The molecule has 0 radical (unpaired) electrons. The number of nitrogens with zero attached hydrogens (tertiary/aromatic N) is 4. The summed E-state index contributed by atoms with van der Waals surface area (Å²) in [6.45, 7) is 7.18. The highest BCUT2D eigenvalue weighted by molar-refractivity contribution is 5.92. The second-order valence-electron chi connectivity index (χ2n) is 8.08. The summed E-state index contributed by atoms with van der Waals surface area (Å²) in [6, 6.07) is 4.44. The molecular weight excluding hydrogens is 373 g/mol. The van der Waals surface area contributed by atoms with Crippen molar-refractivity contribution >= 4 is 5.91 Å². The Bertz CT molecular complexity index is 872. The lowest BCUT2D eigenvalue weighted by Gasteiger charge is -2.47. The largest absolute Gasteiger partial charge is 0.379 e. The van der Waals surface area contributed by atoms with E-state index >= 15 is 0 Å². The highest BCUT2D eigenvalue weighted by Gasteiger charge is 2.45. The summed E-state index contributed by atoms with van der Waals surface area (Å²) in [4.78, 5) is 15.4. The summed E-state index contributed by atoms with van der Waals surface area (Å²) in [5, 5.41) is 11.3. The first kappa shape index (κ1) is 20.0. The van der Waals surface area contributed by atoms with Crippen LogP contribution >= 0.6 is 0 Å². The molecule has 2 fully saturated rings. The van der Waals surface area contributed by atoms with Gasteiger partial charge in [0, 0.05) is 24.7 Å². The SMILES string of the molecule is Cc1cc(F)ccc1-n1cc(C(=O)NC(C)C2(N3CCOCC3)CCCC2)nn1. The Balaban J connectivity index is 1.49. The topological polar surface area (TPSA) is 72.3 Å². The Morgan fingerprint density at radius 2 is 2.00 bits per heavy atom. The van der Waals surface area contributed by atoms with E-state index in [-0.39, 0.29) is 29.0 Å². The van der Waals surface area contributed by atoms with E-state index < -0.39 is 0 Å². The molecule has 1 aliphatic heterocycles. The molecule has 7 nitrogen and oxygen atoms in total. The second kappa shape index (κ2) is 8.20. The number of amides is 1. The van der Waals surface area contributed by atoms with Gasteiger partial charge in [0.15, 0.2) is 5.69 Å².